The minimum absolute atomic E-state index is 0.0871. The Bertz CT molecular complexity index is 463. The van der Waals surface area contributed by atoms with Gasteiger partial charge in [-0.3, -0.25) is 15.1 Å². The molecule has 0 fully saturated rings. The Balaban J connectivity index is 0.000000861. The summed E-state index contributed by atoms with van der Waals surface area (Å²) in [6.07, 6.45) is 1.93. The molecule has 1 N–H and O–H groups in total. The SMILES string of the molecule is CC.CSC1=NCC(C)C1C(=O)Nc1nnc(Cl)s1. The first-order valence-electron chi connectivity index (χ1n) is 6.00. The molecular weight excluding hydrogens is 304 g/mol. The van der Waals surface area contributed by atoms with Gasteiger partial charge in [0, 0.05) is 6.54 Å². The van der Waals surface area contributed by atoms with Gasteiger partial charge in [-0.05, 0) is 23.8 Å². The Morgan fingerprint density at radius 1 is 1.47 bits per heavy atom. The first-order valence-corrected chi connectivity index (χ1v) is 8.42. The van der Waals surface area contributed by atoms with Crippen molar-refractivity contribution >= 4 is 50.8 Å². The quantitative estimate of drug-likeness (QED) is 0.908. The Morgan fingerprint density at radius 3 is 2.68 bits per heavy atom. The fraction of sp³-hybridized carbons (Fsp3) is 0.636. The van der Waals surface area contributed by atoms with Gasteiger partial charge in [-0.25, -0.2) is 0 Å². The van der Waals surface area contributed by atoms with Crippen LogP contribution in [0.2, 0.25) is 4.47 Å². The molecule has 0 spiro atoms. The van der Waals surface area contributed by atoms with Crippen molar-refractivity contribution in [2.24, 2.45) is 16.8 Å². The molecule has 0 saturated heterocycles. The van der Waals surface area contributed by atoms with Crippen LogP contribution in [0, 0.1) is 11.8 Å². The molecule has 0 aromatic carbocycles. The second-order valence-corrected chi connectivity index (χ2v) is 6.07. The van der Waals surface area contributed by atoms with Crippen molar-refractivity contribution in [3.8, 4) is 0 Å². The van der Waals surface area contributed by atoms with Crippen molar-refractivity contribution in [1.29, 1.82) is 0 Å². The Hall–Kier alpha value is -0.660. The maximum absolute atomic E-state index is 12.1. The van der Waals surface area contributed by atoms with Gasteiger partial charge >= 0.3 is 0 Å². The van der Waals surface area contributed by atoms with Crippen LogP contribution in [-0.2, 0) is 4.79 Å². The molecular formula is C11H17ClN4OS2. The molecule has 0 aliphatic carbocycles. The van der Waals surface area contributed by atoms with E-state index in [-0.39, 0.29) is 17.7 Å². The lowest BCUT2D eigenvalue weighted by Gasteiger charge is -2.14. The second-order valence-electron chi connectivity index (χ2n) is 3.69. The molecule has 1 aliphatic rings. The zero-order chi connectivity index (χ0) is 14.4. The number of hydrogen-bond acceptors (Lipinski definition) is 6. The number of carbonyl (C=O) groups excluding carboxylic acids is 1. The van der Waals surface area contributed by atoms with Crippen molar-refractivity contribution < 1.29 is 4.79 Å². The van der Waals surface area contributed by atoms with E-state index in [9.17, 15) is 4.79 Å². The van der Waals surface area contributed by atoms with E-state index in [1.54, 1.807) is 0 Å². The van der Waals surface area contributed by atoms with E-state index in [2.05, 4.69) is 20.5 Å². The normalized spacial score (nSPS) is 21.4. The zero-order valence-corrected chi connectivity index (χ0v) is 13.7. The lowest BCUT2D eigenvalue weighted by Crippen LogP contribution is -2.30. The molecule has 1 amide bonds. The predicted octanol–water partition coefficient (Wildman–Crippen LogP) is 3.18. The van der Waals surface area contributed by atoms with Crippen molar-refractivity contribution in [3.05, 3.63) is 4.47 Å². The molecule has 1 aromatic rings. The summed E-state index contributed by atoms with van der Waals surface area (Å²) in [5.74, 6) is -0.0514. The number of rotatable bonds is 2. The highest BCUT2D eigenvalue weighted by atomic mass is 35.5. The van der Waals surface area contributed by atoms with E-state index in [1.807, 2.05) is 27.0 Å². The molecule has 5 nitrogen and oxygen atoms in total. The van der Waals surface area contributed by atoms with Crippen LogP contribution in [0.5, 0.6) is 0 Å². The summed E-state index contributed by atoms with van der Waals surface area (Å²) in [4.78, 5) is 16.4. The van der Waals surface area contributed by atoms with E-state index < -0.39 is 0 Å². The third kappa shape index (κ3) is 4.15. The van der Waals surface area contributed by atoms with Crippen molar-refractivity contribution in [2.45, 2.75) is 20.8 Å². The number of thioether (sulfide) groups is 1. The van der Waals surface area contributed by atoms with Crippen LogP contribution in [0.15, 0.2) is 4.99 Å². The lowest BCUT2D eigenvalue weighted by atomic mass is 9.97. The monoisotopic (exact) mass is 320 g/mol. The number of aromatic nitrogens is 2. The number of carbonyl (C=O) groups is 1. The maximum atomic E-state index is 12.1. The fourth-order valence-corrected chi connectivity index (χ4v) is 3.21. The molecule has 1 aliphatic heterocycles. The summed E-state index contributed by atoms with van der Waals surface area (Å²) in [6.45, 7) is 6.72. The largest absolute Gasteiger partial charge is 0.300 e. The molecule has 106 valence electrons. The number of nitrogens with zero attached hydrogens (tertiary/aromatic N) is 3. The summed E-state index contributed by atoms with van der Waals surface area (Å²) >= 11 is 8.32. The van der Waals surface area contributed by atoms with Crippen LogP contribution < -0.4 is 5.32 Å². The molecule has 2 unspecified atom stereocenters. The maximum Gasteiger partial charge on any atom is 0.236 e. The molecule has 2 heterocycles. The molecule has 19 heavy (non-hydrogen) atoms. The van der Waals surface area contributed by atoms with Gasteiger partial charge in [0.1, 0.15) is 0 Å². The highest BCUT2D eigenvalue weighted by Gasteiger charge is 2.34. The van der Waals surface area contributed by atoms with Crippen LogP contribution in [0.25, 0.3) is 0 Å². The summed E-state index contributed by atoms with van der Waals surface area (Å²) < 4.78 is 0.318. The van der Waals surface area contributed by atoms with Gasteiger partial charge in [0.05, 0.1) is 11.0 Å². The number of nitrogens with one attached hydrogen (secondary N) is 1. The van der Waals surface area contributed by atoms with Crippen LogP contribution in [0.3, 0.4) is 0 Å². The molecule has 0 saturated carbocycles. The standard InChI is InChI=1S/C9H11ClN4OS2.C2H6/c1-4-3-11-7(16-2)5(4)6(15)12-9-14-13-8(10)17-9;1-2/h4-5H,3H2,1-2H3,(H,12,14,15);1-2H3. The second kappa shape index (κ2) is 7.81. The Kier molecular flexibility index (Phi) is 6.74. The van der Waals surface area contributed by atoms with Gasteiger partial charge in [-0.2, -0.15) is 0 Å². The minimum Gasteiger partial charge on any atom is -0.300 e. The van der Waals surface area contributed by atoms with E-state index in [0.717, 1.165) is 16.4 Å². The highest BCUT2D eigenvalue weighted by Crippen LogP contribution is 2.28. The average molecular weight is 321 g/mol. The fourth-order valence-electron chi connectivity index (χ4n) is 1.68. The Morgan fingerprint density at radius 2 is 2.16 bits per heavy atom. The molecule has 2 rings (SSSR count). The smallest absolute Gasteiger partial charge is 0.236 e. The molecule has 8 heteroatoms. The van der Waals surface area contributed by atoms with Gasteiger partial charge in [-0.1, -0.05) is 32.1 Å². The third-order valence-electron chi connectivity index (χ3n) is 2.49. The van der Waals surface area contributed by atoms with Gasteiger partial charge in [-0.15, -0.1) is 22.0 Å². The van der Waals surface area contributed by atoms with Crippen LogP contribution >= 0.6 is 34.7 Å². The summed E-state index contributed by atoms with van der Waals surface area (Å²) in [5.41, 5.74) is 0. The third-order valence-corrected chi connectivity index (χ3v) is 4.23. The Labute approximate surface area is 126 Å². The van der Waals surface area contributed by atoms with E-state index in [4.69, 9.17) is 11.6 Å². The van der Waals surface area contributed by atoms with Crippen LogP contribution in [-0.4, -0.2) is 33.9 Å². The number of anilines is 1. The molecule has 0 bridgehead atoms. The van der Waals surface area contributed by atoms with E-state index in [0.29, 0.717) is 16.1 Å². The average Bonchev–Trinajstić information content (AvgIpc) is 2.97. The number of halogens is 1. The van der Waals surface area contributed by atoms with Crippen molar-refractivity contribution in [2.75, 3.05) is 18.1 Å². The van der Waals surface area contributed by atoms with Gasteiger partial charge in [0.2, 0.25) is 15.5 Å². The zero-order valence-electron chi connectivity index (χ0n) is 11.3. The van der Waals surface area contributed by atoms with Gasteiger partial charge in [0.25, 0.3) is 0 Å². The van der Waals surface area contributed by atoms with Crippen molar-refractivity contribution in [1.82, 2.24) is 10.2 Å². The summed E-state index contributed by atoms with van der Waals surface area (Å²) in [5, 5.41) is 11.4. The first kappa shape index (κ1) is 16.4. The highest BCUT2D eigenvalue weighted by molar-refractivity contribution is 8.13. The summed E-state index contributed by atoms with van der Waals surface area (Å²) in [6, 6.07) is 0. The van der Waals surface area contributed by atoms with Crippen molar-refractivity contribution in [3.63, 3.8) is 0 Å². The van der Waals surface area contributed by atoms with E-state index in [1.165, 1.54) is 11.8 Å². The minimum atomic E-state index is -0.187. The van der Waals surface area contributed by atoms with Crippen LogP contribution in [0.1, 0.15) is 20.8 Å². The molecule has 2 atom stereocenters. The topological polar surface area (TPSA) is 67.2 Å². The van der Waals surface area contributed by atoms with E-state index >= 15 is 0 Å². The first-order chi connectivity index (χ1) is 9.11. The van der Waals surface area contributed by atoms with Gasteiger partial charge < -0.3 is 0 Å². The molecule has 1 aromatic heterocycles. The molecule has 0 radical (unpaired) electrons. The lowest BCUT2D eigenvalue weighted by molar-refractivity contribution is -0.118. The van der Waals surface area contributed by atoms with Gasteiger partial charge in [0.15, 0.2) is 0 Å². The number of amides is 1. The number of hydrogen-bond donors (Lipinski definition) is 1. The van der Waals surface area contributed by atoms with Crippen LogP contribution in [0.4, 0.5) is 5.13 Å². The predicted molar refractivity (Wildman–Crippen MR) is 83.4 cm³/mol. The summed E-state index contributed by atoms with van der Waals surface area (Å²) in [7, 11) is 0. The number of aliphatic imine (C=N–C) groups is 1.